The molecule has 3 rings (SSSR count). The number of aliphatic hydroxyl groups is 1. The Morgan fingerprint density at radius 2 is 2.19 bits per heavy atom. The highest BCUT2D eigenvalue weighted by Crippen LogP contribution is 2.33. The van der Waals surface area contributed by atoms with Crippen molar-refractivity contribution in [3.63, 3.8) is 0 Å². The zero-order chi connectivity index (χ0) is 14.7. The predicted octanol–water partition coefficient (Wildman–Crippen LogP) is 3.90. The monoisotopic (exact) mass is 304 g/mol. The topological polar surface area (TPSA) is 38.0 Å². The van der Waals surface area contributed by atoms with E-state index in [9.17, 15) is 5.11 Å². The number of hydrogen-bond donors (Lipinski definition) is 1. The summed E-state index contributed by atoms with van der Waals surface area (Å²) >= 11 is 1.81. The van der Waals surface area contributed by atoms with Crippen molar-refractivity contribution >= 4 is 11.3 Å². The lowest BCUT2D eigenvalue weighted by molar-refractivity contribution is 0.178. The Hall–Kier alpha value is -1.13. The standard InChI is InChI=1S/C17H24N2OS/c1-2-9-19-10-8-18-17(19)12-14(20)16-11-13-6-4-3-5-7-15(13)21-16/h8,10-11,14,20H,2-7,9,12H2,1H3. The van der Waals surface area contributed by atoms with Crippen molar-refractivity contribution in [2.75, 3.05) is 0 Å². The van der Waals surface area contributed by atoms with Gasteiger partial charge in [0.1, 0.15) is 5.82 Å². The minimum Gasteiger partial charge on any atom is -0.387 e. The van der Waals surface area contributed by atoms with Gasteiger partial charge in [0, 0.05) is 35.1 Å². The number of aromatic nitrogens is 2. The summed E-state index contributed by atoms with van der Waals surface area (Å²) in [4.78, 5) is 7.02. The minimum absolute atomic E-state index is 0.417. The van der Waals surface area contributed by atoms with Crippen molar-refractivity contribution in [3.05, 3.63) is 39.6 Å². The first-order chi connectivity index (χ1) is 10.3. The molecular weight excluding hydrogens is 280 g/mol. The molecule has 1 unspecified atom stereocenters. The van der Waals surface area contributed by atoms with Gasteiger partial charge in [0.15, 0.2) is 0 Å². The largest absolute Gasteiger partial charge is 0.387 e. The highest BCUT2D eigenvalue weighted by atomic mass is 32.1. The number of hydrogen-bond acceptors (Lipinski definition) is 3. The number of rotatable bonds is 5. The summed E-state index contributed by atoms with van der Waals surface area (Å²) in [7, 11) is 0. The maximum atomic E-state index is 10.6. The molecule has 0 amide bonds. The van der Waals surface area contributed by atoms with Gasteiger partial charge in [-0.1, -0.05) is 13.3 Å². The van der Waals surface area contributed by atoms with Gasteiger partial charge >= 0.3 is 0 Å². The molecular formula is C17H24N2OS. The Bertz CT molecular complexity index is 564. The number of thiophene rings is 1. The molecule has 4 heteroatoms. The molecule has 2 heterocycles. The van der Waals surface area contributed by atoms with Crippen LogP contribution >= 0.6 is 11.3 Å². The average Bonchev–Trinajstić information content (AvgIpc) is 3.02. The summed E-state index contributed by atoms with van der Waals surface area (Å²) < 4.78 is 2.15. The van der Waals surface area contributed by atoms with E-state index in [1.807, 2.05) is 23.7 Å². The van der Waals surface area contributed by atoms with Gasteiger partial charge in [-0.25, -0.2) is 4.98 Å². The van der Waals surface area contributed by atoms with Crippen LogP contribution in [0.5, 0.6) is 0 Å². The van der Waals surface area contributed by atoms with Gasteiger partial charge < -0.3 is 9.67 Å². The first-order valence-electron chi connectivity index (χ1n) is 8.07. The molecule has 0 aromatic carbocycles. The fourth-order valence-corrected chi connectivity index (χ4v) is 4.35. The molecule has 2 aromatic rings. The first-order valence-corrected chi connectivity index (χ1v) is 8.89. The smallest absolute Gasteiger partial charge is 0.111 e. The average molecular weight is 304 g/mol. The molecule has 1 aliphatic rings. The van der Waals surface area contributed by atoms with Crippen LogP contribution < -0.4 is 0 Å². The maximum Gasteiger partial charge on any atom is 0.111 e. The van der Waals surface area contributed by atoms with Crippen LogP contribution in [0.4, 0.5) is 0 Å². The first kappa shape index (κ1) is 14.8. The van der Waals surface area contributed by atoms with Crippen molar-refractivity contribution in [2.45, 2.75) is 64.5 Å². The quantitative estimate of drug-likeness (QED) is 0.851. The highest BCUT2D eigenvalue weighted by molar-refractivity contribution is 7.12. The van der Waals surface area contributed by atoms with E-state index in [-0.39, 0.29) is 0 Å². The normalized spacial score (nSPS) is 16.5. The Labute approximate surface area is 130 Å². The molecule has 0 spiro atoms. The Kier molecular flexibility index (Phi) is 4.76. The van der Waals surface area contributed by atoms with E-state index in [1.54, 1.807) is 0 Å². The number of fused-ring (bicyclic) bond motifs is 1. The molecule has 0 radical (unpaired) electrons. The fraction of sp³-hybridized carbons (Fsp3) is 0.588. The van der Waals surface area contributed by atoms with E-state index in [1.165, 1.54) is 42.5 Å². The van der Waals surface area contributed by atoms with Crippen LogP contribution in [-0.2, 0) is 25.8 Å². The molecule has 0 bridgehead atoms. The second-order valence-corrected chi connectivity index (χ2v) is 7.08. The van der Waals surface area contributed by atoms with Crippen molar-refractivity contribution in [2.24, 2.45) is 0 Å². The van der Waals surface area contributed by atoms with Gasteiger partial charge in [-0.05, 0) is 43.7 Å². The van der Waals surface area contributed by atoms with Gasteiger partial charge in [-0.2, -0.15) is 0 Å². The number of aryl methyl sites for hydroxylation is 3. The lowest BCUT2D eigenvalue weighted by atomic mass is 10.1. The van der Waals surface area contributed by atoms with Crippen molar-refractivity contribution < 1.29 is 5.11 Å². The van der Waals surface area contributed by atoms with Crippen LogP contribution in [0.25, 0.3) is 0 Å². The lowest BCUT2D eigenvalue weighted by Crippen LogP contribution is -2.08. The van der Waals surface area contributed by atoms with Crippen LogP contribution in [0.1, 0.15) is 59.9 Å². The summed E-state index contributed by atoms with van der Waals surface area (Å²) in [6.07, 6.45) is 11.4. The highest BCUT2D eigenvalue weighted by Gasteiger charge is 2.18. The minimum atomic E-state index is -0.417. The van der Waals surface area contributed by atoms with E-state index in [0.29, 0.717) is 6.42 Å². The molecule has 2 aromatic heterocycles. The van der Waals surface area contributed by atoms with E-state index >= 15 is 0 Å². The zero-order valence-corrected chi connectivity index (χ0v) is 13.5. The maximum absolute atomic E-state index is 10.6. The van der Waals surface area contributed by atoms with E-state index in [4.69, 9.17) is 0 Å². The molecule has 0 saturated carbocycles. The van der Waals surface area contributed by atoms with Gasteiger partial charge in [0.2, 0.25) is 0 Å². The van der Waals surface area contributed by atoms with Gasteiger partial charge in [-0.15, -0.1) is 11.3 Å². The zero-order valence-electron chi connectivity index (χ0n) is 12.7. The van der Waals surface area contributed by atoms with Crippen LogP contribution in [0.15, 0.2) is 18.5 Å². The summed E-state index contributed by atoms with van der Waals surface area (Å²) in [5.41, 5.74) is 1.48. The van der Waals surface area contributed by atoms with Crippen LogP contribution in [0, 0.1) is 0 Å². The number of nitrogens with zero attached hydrogens (tertiary/aromatic N) is 2. The number of aliphatic hydroxyl groups excluding tert-OH is 1. The van der Waals surface area contributed by atoms with Crippen LogP contribution in [0.3, 0.4) is 0 Å². The molecule has 0 saturated heterocycles. The molecule has 1 atom stereocenters. The summed E-state index contributed by atoms with van der Waals surface area (Å²) in [5.74, 6) is 0.993. The number of imidazole rings is 1. The van der Waals surface area contributed by atoms with Crippen molar-refractivity contribution in [1.82, 2.24) is 9.55 Å². The third-order valence-corrected chi connectivity index (χ3v) is 5.57. The van der Waals surface area contributed by atoms with Gasteiger partial charge in [0.25, 0.3) is 0 Å². The second kappa shape index (κ2) is 6.75. The Morgan fingerprint density at radius 3 is 3.05 bits per heavy atom. The third kappa shape index (κ3) is 3.38. The Balaban J connectivity index is 1.73. The van der Waals surface area contributed by atoms with Gasteiger partial charge in [0.05, 0.1) is 6.10 Å². The molecule has 1 aliphatic carbocycles. The van der Waals surface area contributed by atoms with Crippen molar-refractivity contribution in [1.29, 1.82) is 0 Å². The second-order valence-electron chi connectivity index (χ2n) is 5.91. The SMILES string of the molecule is CCCn1ccnc1CC(O)c1cc2c(s1)CCCCC2. The molecule has 0 aliphatic heterocycles. The third-order valence-electron chi connectivity index (χ3n) is 4.24. The summed E-state index contributed by atoms with van der Waals surface area (Å²) in [5, 5.41) is 10.6. The predicted molar refractivity (Wildman–Crippen MR) is 86.8 cm³/mol. The molecule has 3 nitrogen and oxygen atoms in total. The lowest BCUT2D eigenvalue weighted by Gasteiger charge is -2.10. The van der Waals surface area contributed by atoms with E-state index in [0.717, 1.165) is 23.7 Å². The van der Waals surface area contributed by atoms with Crippen molar-refractivity contribution in [3.8, 4) is 0 Å². The van der Waals surface area contributed by atoms with Crippen LogP contribution in [-0.4, -0.2) is 14.7 Å². The fourth-order valence-electron chi connectivity index (χ4n) is 3.10. The van der Waals surface area contributed by atoms with E-state index < -0.39 is 6.10 Å². The van der Waals surface area contributed by atoms with E-state index in [2.05, 4.69) is 22.5 Å². The molecule has 1 N–H and O–H groups in total. The molecule has 21 heavy (non-hydrogen) atoms. The molecule has 0 fully saturated rings. The summed E-state index contributed by atoms with van der Waals surface area (Å²) in [6, 6.07) is 2.24. The molecule has 114 valence electrons. The Morgan fingerprint density at radius 1 is 1.33 bits per heavy atom. The summed E-state index contributed by atoms with van der Waals surface area (Å²) in [6.45, 7) is 3.14. The van der Waals surface area contributed by atoms with Crippen LogP contribution in [0.2, 0.25) is 0 Å². The van der Waals surface area contributed by atoms with Gasteiger partial charge in [-0.3, -0.25) is 0 Å².